The van der Waals surface area contributed by atoms with Crippen LogP contribution in [-0.4, -0.2) is 12.0 Å². The maximum absolute atomic E-state index is 5.98. The summed E-state index contributed by atoms with van der Waals surface area (Å²) in [5.74, 6) is 0.412. The molecule has 0 aliphatic carbocycles. The molecule has 0 radical (unpaired) electrons. The Morgan fingerprint density at radius 2 is 2.29 bits per heavy atom. The summed E-state index contributed by atoms with van der Waals surface area (Å²) in [6.45, 7) is 0.821. The second kappa shape index (κ2) is 5.89. The van der Waals surface area contributed by atoms with Gasteiger partial charge in [-0.3, -0.25) is 0 Å². The van der Waals surface area contributed by atoms with Gasteiger partial charge in [-0.1, -0.05) is 22.9 Å². The highest BCUT2D eigenvalue weighted by molar-refractivity contribution is 9.10. The summed E-state index contributed by atoms with van der Waals surface area (Å²) in [5, 5.41) is 3.48. The van der Waals surface area contributed by atoms with E-state index in [2.05, 4.69) is 37.3 Å². The molecular formula is C10H9BrCl2N2S2. The van der Waals surface area contributed by atoms with Crippen LogP contribution in [-0.2, 0) is 12.4 Å². The Morgan fingerprint density at radius 3 is 2.82 bits per heavy atom. The van der Waals surface area contributed by atoms with Gasteiger partial charge in [-0.05, 0) is 22.0 Å². The molecule has 0 atom stereocenters. The van der Waals surface area contributed by atoms with Crippen LogP contribution in [0.3, 0.4) is 0 Å². The minimum Gasteiger partial charge on any atom is -0.346 e. The summed E-state index contributed by atoms with van der Waals surface area (Å²) in [6, 6.07) is 2.11. The molecule has 2 rings (SSSR count). The van der Waals surface area contributed by atoms with Crippen LogP contribution in [0.5, 0.6) is 0 Å². The number of thiophene rings is 1. The van der Waals surface area contributed by atoms with Gasteiger partial charge in [-0.25, -0.2) is 4.98 Å². The molecule has 7 heteroatoms. The minimum absolute atomic E-state index is 0.412. The lowest BCUT2D eigenvalue weighted by Gasteiger charge is -2.13. The van der Waals surface area contributed by atoms with Crippen molar-refractivity contribution >= 4 is 66.9 Å². The maximum Gasteiger partial charge on any atom is 0.187 e. The summed E-state index contributed by atoms with van der Waals surface area (Å²) >= 11 is 18.5. The second-order valence-electron chi connectivity index (χ2n) is 3.43. The van der Waals surface area contributed by atoms with E-state index in [4.69, 9.17) is 23.2 Å². The van der Waals surface area contributed by atoms with Crippen LogP contribution in [0.15, 0.2) is 15.9 Å². The van der Waals surface area contributed by atoms with Crippen molar-refractivity contribution in [2.75, 3.05) is 11.9 Å². The Bertz CT molecular complexity index is 512. The second-order valence-corrected chi connectivity index (χ2v) is 7.03. The lowest BCUT2D eigenvalue weighted by molar-refractivity contribution is 0.930. The first kappa shape index (κ1) is 13.6. The van der Waals surface area contributed by atoms with E-state index < -0.39 is 0 Å². The molecule has 0 saturated heterocycles. The molecule has 0 saturated carbocycles. The zero-order valence-electron chi connectivity index (χ0n) is 8.91. The fourth-order valence-corrected chi connectivity index (χ4v) is 4.24. The first-order valence-electron chi connectivity index (χ1n) is 4.75. The molecule has 0 aromatic carbocycles. The van der Waals surface area contributed by atoms with Gasteiger partial charge in [0.25, 0.3) is 0 Å². The summed E-state index contributed by atoms with van der Waals surface area (Å²) < 4.78 is 1.12. The van der Waals surface area contributed by atoms with E-state index in [0.29, 0.717) is 11.0 Å². The number of hydrogen-bond acceptors (Lipinski definition) is 4. The molecular weight excluding hydrogens is 363 g/mol. The van der Waals surface area contributed by atoms with Crippen molar-refractivity contribution in [2.45, 2.75) is 12.4 Å². The van der Waals surface area contributed by atoms with E-state index >= 15 is 0 Å². The number of thiazole rings is 1. The molecule has 2 aromatic rings. The van der Waals surface area contributed by atoms with Gasteiger partial charge in [-0.15, -0.1) is 22.9 Å². The van der Waals surface area contributed by atoms with Crippen LogP contribution in [0, 0.1) is 0 Å². The smallest absolute Gasteiger partial charge is 0.187 e. The van der Waals surface area contributed by atoms with Crippen molar-refractivity contribution in [3.05, 3.63) is 30.8 Å². The number of halogens is 3. The third kappa shape index (κ3) is 3.35. The SMILES string of the molecule is CN(Cc1cc(Br)cs1)c1nc(Cl)c(CCl)s1. The third-order valence-electron chi connectivity index (χ3n) is 2.10. The number of alkyl halides is 1. The first-order chi connectivity index (χ1) is 8.10. The lowest BCUT2D eigenvalue weighted by atomic mass is 10.4. The number of hydrogen-bond donors (Lipinski definition) is 0. The summed E-state index contributed by atoms with van der Waals surface area (Å²) in [4.78, 5) is 8.57. The minimum atomic E-state index is 0.412. The van der Waals surface area contributed by atoms with Crippen LogP contribution in [0.4, 0.5) is 5.13 Å². The van der Waals surface area contributed by atoms with Crippen molar-refractivity contribution in [2.24, 2.45) is 0 Å². The predicted octanol–water partition coefficient (Wildman–Crippen LogP) is 5.00. The Kier molecular flexibility index (Phi) is 4.72. The van der Waals surface area contributed by atoms with Gasteiger partial charge < -0.3 is 4.90 Å². The zero-order chi connectivity index (χ0) is 12.4. The molecule has 0 aliphatic rings. The van der Waals surface area contributed by atoms with Gasteiger partial charge in [0.15, 0.2) is 5.13 Å². The standard InChI is InChI=1S/C10H9BrCl2N2S2/c1-15(4-7-2-6(11)5-16-7)10-14-9(13)8(3-12)17-10/h2,5H,3-4H2,1H3. The predicted molar refractivity (Wildman–Crippen MR) is 80.8 cm³/mol. The number of aromatic nitrogens is 1. The quantitative estimate of drug-likeness (QED) is 0.703. The molecule has 0 N–H and O–H groups in total. The Hall–Kier alpha value is 0.190. The molecule has 2 aromatic heterocycles. The van der Waals surface area contributed by atoms with Gasteiger partial charge in [-0.2, -0.15) is 0 Å². The zero-order valence-corrected chi connectivity index (χ0v) is 13.6. The average Bonchev–Trinajstić information content (AvgIpc) is 2.85. The monoisotopic (exact) mass is 370 g/mol. The number of anilines is 1. The van der Waals surface area contributed by atoms with E-state index in [1.54, 1.807) is 11.3 Å². The maximum atomic E-state index is 5.98. The van der Waals surface area contributed by atoms with Crippen LogP contribution in [0.1, 0.15) is 9.75 Å². The van der Waals surface area contributed by atoms with Crippen LogP contribution in [0.2, 0.25) is 5.15 Å². The van der Waals surface area contributed by atoms with Crippen molar-refractivity contribution in [3.8, 4) is 0 Å². The van der Waals surface area contributed by atoms with Crippen molar-refractivity contribution in [1.29, 1.82) is 0 Å². The van der Waals surface area contributed by atoms with Gasteiger partial charge in [0.05, 0.1) is 17.3 Å². The largest absolute Gasteiger partial charge is 0.346 e. The molecule has 0 spiro atoms. The summed E-state index contributed by atoms with van der Waals surface area (Å²) in [7, 11) is 2.00. The molecule has 0 unspecified atom stereocenters. The lowest BCUT2D eigenvalue weighted by Crippen LogP contribution is -2.15. The van der Waals surface area contributed by atoms with Crippen LogP contribution < -0.4 is 4.90 Å². The molecule has 0 fully saturated rings. The highest BCUT2D eigenvalue weighted by atomic mass is 79.9. The van der Waals surface area contributed by atoms with Gasteiger partial charge in [0.2, 0.25) is 0 Å². The van der Waals surface area contributed by atoms with Gasteiger partial charge in [0, 0.05) is 21.8 Å². The van der Waals surface area contributed by atoms with Gasteiger partial charge in [0.1, 0.15) is 5.15 Å². The highest BCUT2D eigenvalue weighted by Crippen LogP contribution is 2.31. The molecule has 17 heavy (non-hydrogen) atoms. The van der Waals surface area contributed by atoms with Gasteiger partial charge >= 0.3 is 0 Å². The van der Waals surface area contributed by atoms with Crippen LogP contribution >= 0.6 is 61.8 Å². The fourth-order valence-electron chi connectivity index (χ4n) is 1.31. The van der Waals surface area contributed by atoms with E-state index in [1.165, 1.54) is 16.2 Å². The fraction of sp³-hybridized carbons (Fsp3) is 0.300. The molecule has 0 aliphatic heterocycles. The molecule has 0 bridgehead atoms. The van der Waals surface area contributed by atoms with Crippen molar-refractivity contribution < 1.29 is 0 Å². The number of rotatable bonds is 4. The molecule has 92 valence electrons. The normalized spacial score (nSPS) is 10.8. The first-order valence-corrected chi connectivity index (χ1v) is 8.15. The van der Waals surface area contributed by atoms with E-state index in [1.807, 2.05) is 7.05 Å². The van der Waals surface area contributed by atoms with Crippen molar-refractivity contribution in [3.63, 3.8) is 0 Å². The third-order valence-corrected chi connectivity index (χ3v) is 5.80. The van der Waals surface area contributed by atoms with E-state index in [0.717, 1.165) is 21.0 Å². The summed E-state index contributed by atoms with van der Waals surface area (Å²) in [6.07, 6.45) is 0. The van der Waals surface area contributed by atoms with E-state index in [-0.39, 0.29) is 0 Å². The highest BCUT2D eigenvalue weighted by Gasteiger charge is 2.12. The van der Waals surface area contributed by atoms with Crippen molar-refractivity contribution in [1.82, 2.24) is 4.98 Å². The Labute approximate surface area is 126 Å². The molecule has 2 heterocycles. The average molecular weight is 372 g/mol. The molecule has 2 nitrogen and oxygen atoms in total. The topological polar surface area (TPSA) is 16.1 Å². The Morgan fingerprint density at radius 1 is 1.53 bits per heavy atom. The number of nitrogens with zero attached hydrogens (tertiary/aromatic N) is 2. The Balaban J connectivity index is 2.11. The molecule has 0 amide bonds. The summed E-state index contributed by atoms with van der Waals surface area (Å²) in [5.41, 5.74) is 0. The van der Waals surface area contributed by atoms with E-state index in [9.17, 15) is 0 Å². The van der Waals surface area contributed by atoms with Crippen LogP contribution in [0.25, 0.3) is 0 Å².